The molecule has 1 saturated heterocycles. The van der Waals surface area contributed by atoms with Crippen LogP contribution >= 0.6 is 0 Å². The van der Waals surface area contributed by atoms with Crippen LogP contribution in [-0.2, 0) is 10.0 Å². The Morgan fingerprint density at radius 3 is 2.33 bits per heavy atom. The summed E-state index contributed by atoms with van der Waals surface area (Å²) in [6, 6.07) is 11.3. The number of rotatable bonds is 5. The van der Waals surface area contributed by atoms with Gasteiger partial charge in [-0.1, -0.05) is 24.1 Å². The molecule has 9 heteroatoms. The summed E-state index contributed by atoms with van der Waals surface area (Å²) in [6.07, 6.45) is 3.27. The molecule has 30 heavy (non-hydrogen) atoms. The molecule has 3 aromatic rings. The third-order valence-corrected chi connectivity index (χ3v) is 7.69. The van der Waals surface area contributed by atoms with Gasteiger partial charge in [0.1, 0.15) is 0 Å². The number of piperazine rings is 1. The molecule has 1 aromatic carbocycles. The lowest BCUT2D eigenvalue weighted by atomic mass is 9.85. The van der Waals surface area contributed by atoms with Crippen molar-refractivity contribution < 1.29 is 17.3 Å². The van der Waals surface area contributed by atoms with Gasteiger partial charge in [-0.25, -0.2) is 8.42 Å². The number of anilines is 1. The minimum absolute atomic E-state index is 0.0929. The van der Waals surface area contributed by atoms with Crippen molar-refractivity contribution >= 4 is 15.7 Å². The van der Waals surface area contributed by atoms with E-state index in [-0.39, 0.29) is 16.7 Å². The standard InChI is InChI=1S/C21H24N4O4S/c1-15-5-7-17(8-6-15)24-11-13-25(14-12-24)30(26,27)19-10-9-18(28-19)21-23-22-20(29-21)16-3-2-4-16/h5-10,16H,2-4,11-14H2,1H3. The largest absolute Gasteiger partial charge is 0.438 e. The Morgan fingerprint density at radius 1 is 0.933 bits per heavy atom. The van der Waals surface area contributed by atoms with E-state index in [1.54, 1.807) is 6.07 Å². The van der Waals surface area contributed by atoms with Crippen LogP contribution in [0.1, 0.15) is 36.6 Å². The van der Waals surface area contributed by atoms with Gasteiger partial charge in [0.2, 0.25) is 11.0 Å². The fourth-order valence-electron chi connectivity index (χ4n) is 3.80. The quantitative estimate of drug-likeness (QED) is 0.615. The number of aryl methyl sites for hydroxylation is 1. The lowest BCUT2D eigenvalue weighted by molar-refractivity contribution is 0.333. The molecule has 0 unspecified atom stereocenters. The van der Waals surface area contributed by atoms with Crippen LogP contribution in [0.5, 0.6) is 0 Å². The highest BCUT2D eigenvalue weighted by Crippen LogP contribution is 2.37. The summed E-state index contributed by atoms with van der Waals surface area (Å²) in [4.78, 5) is 2.19. The Morgan fingerprint density at radius 2 is 1.67 bits per heavy atom. The van der Waals surface area contributed by atoms with Gasteiger partial charge in [-0.3, -0.25) is 0 Å². The predicted octanol–water partition coefficient (Wildman–Crippen LogP) is 3.42. The van der Waals surface area contributed by atoms with Gasteiger partial charge in [-0.15, -0.1) is 10.2 Å². The lowest BCUT2D eigenvalue weighted by Gasteiger charge is -2.34. The summed E-state index contributed by atoms with van der Waals surface area (Å²) in [6.45, 7) is 4.11. The Labute approximate surface area is 175 Å². The molecule has 8 nitrogen and oxygen atoms in total. The van der Waals surface area contributed by atoms with Gasteiger partial charge in [0.05, 0.1) is 0 Å². The first kappa shape index (κ1) is 19.3. The van der Waals surface area contributed by atoms with Crippen LogP contribution in [0.2, 0.25) is 0 Å². The number of nitrogens with zero attached hydrogens (tertiary/aromatic N) is 4. The van der Waals surface area contributed by atoms with Crippen molar-refractivity contribution in [3.05, 3.63) is 47.9 Å². The van der Waals surface area contributed by atoms with Crippen molar-refractivity contribution in [1.29, 1.82) is 0 Å². The van der Waals surface area contributed by atoms with E-state index in [9.17, 15) is 8.42 Å². The fourth-order valence-corrected chi connectivity index (χ4v) is 5.13. The summed E-state index contributed by atoms with van der Waals surface area (Å²) in [5.74, 6) is 1.42. The number of sulfonamides is 1. The van der Waals surface area contributed by atoms with E-state index in [0.29, 0.717) is 38.0 Å². The number of hydrogen-bond acceptors (Lipinski definition) is 7. The van der Waals surface area contributed by atoms with Crippen LogP contribution in [-0.4, -0.2) is 49.1 Å². The van der Waals surface area contributed by atoms with E-state index >= 15 is 0 Å². The van der Waals surface area contributed by atoms with Crippen molar-refractivity contribution in [2.24, 2.45) is 0 Å². The van der Waals surface area contributed by atoms with E-state index < -0.39 is 10.0 Å². The van der Waals surface area contributed by atoms with Gasteiger partial charge in [-0.05, 0) is 44.0 Å². The third-order valence-electron chi connectivity index (χ3n) is 5.92. The van der Waals surface area contributed by atoms with E-state index in [0.717, 1.165) is 18.5 Å². The number of hydrogen-bond donors (Lipinski definition) is 0. The highest BCUT2D eigenvalue weighted by Gasteiger charge is 2.32. The number of furan rings is 1. The lowest BCUT2D eigenvalue weighted by Crippen LogP contribution is -2.48. The average molecular weight is 429 g/mol. The van der Waals surface area contributed by atoms with Gasteiger partial charge in [0.25, 0.3) is 15.9 Å². The highest BCUT2D eigenvalue weighted by molar-refractivity contribution is 7.89. The topological polar surface area (TPSA) is 92.7 Å². The molecule has 5 rings (SSSR count). The van der Waals surface area contributed by atoms with E-state index in [4.69, 9.17) is 8.83 Å². The van der Waals surface area contributed by atoms with E-state index in [1.165, 1.54) is 22.4 Å². The summed E-state index contributed by atoms with van der Waals surface area (Å²) >= 11 is 0. The molecule has 0 radical (unpaired) electrons. The van der Waals surface area contributed by atoms with Crippen molar-refractivity contribution in [3.8, 4) is 11.7 Å². The number of aromatic nitrogens is 2. The second-order valence-electron chi connectivity index (χ2n) is 7.92. The Bertz CT molecular complexity index is 1120. The van der Waals surface area contributed by atoms with Crippen LogP contribution in [0.4, 0.5) is 5.69 Å². The molecule has 0 bridgehead atoms. The Kier molecular flexibility index (Phi) is 4.86. The number of benzene rings is 1. The summed E-state index contributed by atoms with van der Waals surface area (Å²) in [5, 5.41) is 8.00. The maximum absolute atomic E-state index is 13.0. The predicted molar refractivity (Wildman–Crippen MR) is 111 cm³/mol. The normalized spacial score (nSPS) is 18.5. The van der Waals surface area contributed by atoms with Gasteiger partial charge < -0.3 is 13.7 Å². The molecule has 2 aliphatic rings. The molecule has 1 saturated carbocycles. The Hall–Kier alpha value is -2.65. The van der Waals surface area contributed by atoms with Gasteiger partial charge in [-0.2, -0.15) is 4.31 Å². The summed E-state index contributed by atoms with van der Waals surface area (Å²) in [5.41, 5.74) is 2.31. The second kappa shape index (κ2) is 7.55. The summed E-state index contributed by atoms with van der Waals surface area (Å²) in [7, 11) is -3.71. The highest BCUT2D eigenvalue weighted by atomic mass is 32.2. The molecule has 0 atom stereocenters. The molecule has 0 spiro atoms. The summed E-state index contributed by atoms with van der Waals surface area (Å²) < 4.78 is 38.8. The molecule has 0 N–H and O–H groups in total. The van der Waals surface area contributed by atoms with Crippen LogP contribution in [0, 0.1) is 6.92 Å². The van der Waals surface area contributed by atoms with Crippen molar-refractivity contribution in [3.63, 3.8) is 0 Å². The van der Waals surface area contributed by atoms with Crippen LogP contribution in [0.25, 0.3) is 11.7 Å². The van der Waals surface area contributed by atoms with E-state index in [1.807, 2.05) is 6.92 Å². The molecular weight excluding hydrogens is 404 g/mol. The maximum atomic E-state index is 13.0. The van der Waals surface area contributed by atoms with Gasteiger partial charge in [0, 0.05) is 37.8 Å². The molecular formula is C21H24N4O4S. The van der Waals surface area contributed by atoms with Crippen LogP contribution in [0.3, 0.4) is 0 Å². The SMILES string of the molecule is Cc1ccc(N2CCN(S(=O)(=O)c3ccc(-c4nnc(C5CCC5)o4)o3)CC2)cc1. The van der Waals surface area contributed by atoms with Crippen LogP contribution in [0.15, 0.2) is 50.3 Å². The fraction of sp³-hybridized carbons (Fsp3) is 0.429. The van der Waals surface area contributed by atoms with Crippen molar-refractivity contribution in [2.45, 2.75) is 37.2 Å². The maximum Gasteiger partial charge on any atom is 0.283 e. The molecule has 0 amide bonds. The molecule has 2 aromatic heterocycles. The van der Waals surface area contributed by atoms with E-state index in [2.05, 4.69) is 39.4 Å². The Balaban J connectivity index is 1.28. The van der Waals surface area contributed by atoms with Gasteiger partial charge in [0.15, 0.2) is 5.76 Å². The third kappa shape index (κ3) is 3.52. The monoisotopic (exact) mass is 428 g/mol. The minimum atomic E-state index is -3.71. The van der Waals surface area contributed by atoms with Gasteiger partial charge >= 0.3 is 0 Å². The zero-order valence-electron chi connectivity index (χ0n) is 16.8. The minimum Gasteiger partial charge on any atom is -0.438 e. The first-order valence-electron chi connectivity index (χ1n) is 10.3. The molecule has 3 heterocycles. The van der Waals surface area contributed by atoms with Crippen LogP contribution < -0.4 is 4.90 Å². The molecule has 1 aliphatic carbocycles. The first-order valence-corrected chi connectivity index (χ1v) is 11.7. The van der Waals surface area contributed by atoms with Crippen molar-refractivity contribution in [2.75, 3.05) is 31.1 Å². The second-order valence-corrected chi connectivity index (χ2v) is 9.79. The molecule has 2 fully saturated rings. The molecule has 158 valence electrons. The first-order chi connectivity index (χ1) is 14.5. The zero-order valence-corrected chi connectivity index (χ0v) is 17.6. The average Bonchev–Trinajstić information content (AvgIpc) is 3.37. The zero-order chi connectivity index (χ0) is 20.7. The molecule has 1 aliphatic heterocycles. The smallest absolute Gasteiger partial charge is 0.283 e. The van der Waals surface area contributed by atoms with Crippen molar-refractivity contribution in [1.82, 2.24) is 14.5 Å².